The highest BCUT2D eigenvalue weighted by molar-refractivity contribution is 7.99. The number of hydrogen-bond donors (Lipinski definition) is 1. The van der Waals surface area contributed by atoms with E-state index in [0.29, 0.717) is 10.6 Å². The molecular weight excluding hydrogens is 438 g/mol. The average Bonchev–Trinajstić information content (AvgIpc) is 3.23. The average molecular weight is 464 g/mol. The first-order valence-electron chi connectivity index (χ1n) is 9.90. The summed E-state index contributed by atoms with van der Waals surface area (Å²) < 4.78 is 30.0. The summed E-state index contributed by atoms with van der Waals surface area (Å²) in [6.45, 7) is 5.91. The van der Waals surface area contributed by atoms with Gasteiger partial charge in [-0.1, -0.05) is 69.3 Å². The molecule has 0 spiro atoms. The van der Waals surface area contributed by atoms with Gasteiger partial charge in [0.2, 0.25) is 0 Å². The van der Waals surface area contributed by atoms with Crippen molar-refractivity contribution in [3.8, 4) is 5.69 Å². The summed E-state index contributed by atoms with van der Waals surface area (Å²) in [6.07, 6.45) is 3.29. The quantitative estimate of drug-likeness (QED) is 0.426. The van der Waals surface area contributed by atoms with Gasteiger partial charge in [0.25, 0.3) is 10.0 Å². The zero-order valence-corrected chi connectivity index (χ0v) is 19.7. The van der Waals surface area contributed by atoms with Gasteiger partial charge in [0, 0.05) is 11.2 Å². The Labute approximate surface area is 189 Å². The minimum Gasteiger partial charge on any atom is -0.236 e. The second-order valence-corrected chi connectivity index (χ2v) is 10.1. The molecular formula is C22H26ClN3O2S2. The van der Waals surface area contributed by atoms with E-state index in [-0.39, 0.29) is 10.8 Å². The molecule has 0 bridgehead atoms. The van der Waals surface area contributed by atoms with Gasteiger partial charge in [0.05, 0.1) is 22.3 Å². The molecule has 0 saturated heterocycles. The van der Waals surface area contributed by atoms with Crippen LogP contribution in [0.3, 0.4) is 0 Å². The van der Waals surface area contributed by atoms with Crippen molar-refractivity contribution in [3.63, 3.8) is 0 Å². The van der Waals surface area contributed by atoms with Crippen LogP contribution in [0, 0.1) is 12.8 Å². The van der Waals surface area contributed by atoms with Gasteiger partial charge >= 0.3 is 0 Å². The number of hydrogen-bond acceptors (Lipinski definition) is 4. The highest BCUT2D eigenvalue weighted by Crippen LogP contribution is 2.39. The number of para-hydroxylation sites is 1. The Kier molecular flexibility index (Phi) is 7.29. The number of sulfonamides is 1. The van der Waals surface area contributed by atoms with Crippen LogP contribution < -0.4 is 0 Å². The van der Waals surface area contributed by atoms with Crippen LogP contribution in [0.4, 0.5) is 0 Å². The molecule has 5 nitrogen and oxygen atoms in total. The molecule has 0 N–H and O–H groups in total. The number of nitrogens with zero attached hydrogens (tertiary/aromatic N) is 3. The molecule has 0 aliphatic rings. The molecule has 0 aliphatic carbocycles. The first kappa shape index (κ1) is 22.9. The van der Waals surface area contributed by atoms with E-state index >= 15 is 0 Å². The first-order chi connectivity index (χ1) is 14.3. The fraction of sp³-hybridized carbons (Fsp3) is 0.318. The summed E-state index contributed by atoms with van der Waals surface area (Å²) in [4.78, 5) is 0.168. The van der Waals surface area contributed by atoms with Crippen LogP contribution in [-0.2, 0) is 10.0 Å². The monoisotopic (exact) mass is 463 g/mol. The summed E-state index contributed by atoms with van der Waals surface area (Å²) in [5.74, 6) is 0.0600. The third-order valence-electron chi connectivity index (χ3n) is 5.38. The predicted octanol–water partition coefficient (Wildman–Crippen LogP) is 5.85. The second-order valence-electron chi connectivity index (χ2n) is 7.21. The highest BCUT2D eigenvalue weighted by atomic mass is 35.5. The lowest BCUT2D eigenvalue weighted by atomic mass is 9.92. The maximum Gasteiger partial charge on any atom is 0.252 e. The molecule has 2 aromatic carbocycles. The van der Waals surface area contributed by atoms with Crippen LogP contribution in [0.2, 0.25) is 5.02 Å². The summed E-state index contributed by atoms with van der Waals surface area (Å²) in [6, 6.07) is 15.8. The number of thiol groups is 1. The van der Waals surface area contributed by atoms with Crippen molar-refractivity contribution >= 4 is 34.4 Å². The van der Waals surface area contributed by atoms with Crippen molar-refractivity contribution < 1.29 is 8.42 Å². The van der Waals surface area contributed by atoms with Crippen LogP contribution in [0.5, 0.6) is 0 Å². The Morgan fingerprint density at radius 2 is 1.77 bits per heavy atom. The van der Waals surface area contributed by atoms with E-state index in [0.717, 1.165) is 24.2 Å². The van der Waals surface area contributed by atoms with Gasteiger partial charge in [0.15, 0.2) is 0 Å². The molecule has 1 aromatic heterocycles. The Morgan fingerprint density at radius 1 is 1.10 bits per heavy atom. The van der Waals surface area contributed by atoms with E-state index in [1.807, 2.05) is 36.4 Å². The molecule has 1 atom stereocenters. The molecule has 0 fully saturated rings. The molecule has 1 unspecified atom stereocenters. The Bertz CT molecular complexity index is 1100. The van der Waals surface area contributed by atoms with Gasteiger partial charge in [0.1, 0.15) is 0 Å². The van der Waals surface area contributed by atoms with Crippen LogP contribution in [0.15, 0.2) is 65.7 Å². The minimum atomic E-state index is -3.87. The van der Waals surface area contributed by atoms with E-state index in [4.69, 9.17) is 11.6 Å². The molecule has 8 heteroatoms. The Hall–Kier alpha value is -1.80. The van der Waals surface area contributed by atoms with E-state index in [1.165, 1.54) is 9.78 Å². The van der Waals surface area contributed by atoms with Crippen molar-refractivity contribution in [1.29, 1.82) is 0 Å². The number of rotatable bonds is 8. The summed E-state index contributed by atoms with van der Waals surface area (Å²) in [5.41, 5.74) is 2.35. The molecule has 30 heavy (non-hydrogen) atoms. The van der Waals surface area contributed by atoms with Crippen LogP contribution in [0.25, 0.3) is 5.69 Å². The summed E-state index contributed by atoms with van der Waals surface area (Å²) in [7, 11) is -3.87. The molecule has 0 radical (unpaired) electrons. The third-order valence-corrected chi connectivity index (χ3v) is 8.27. The van der Waals surface area contributed by atoms with E-state index in [9.17, 15) is 8.42 Å². The van der Waals surface area contributed by atoms with Gasteiger partial charge in [-0.15, -0.1) is 3.71 Å². The number of halogens is 1. The summed E-state index contributed by atoms with van der Waals surface area (Å²) >= 11 is 10.6. The molecule has 0 aliphatic heterocycles. The lowest BCUT2D eigenvalue weighted by Gasteiger charge is -2.32. The van der Waals surface area contributed by atoms with Crippen molar-refractivity contribution in [2.45, 2.75) is 44.6 Å². The van der Waals surface area contributed by atoms with Gasteiger partial charge in [-0.25, -0.2) is 13.1 Å². The van der Waals surface area contributed by atoms with Crippen molar-refractivity contribution in [2.75, 3.05) is 0 Å². The fourth-order valence-corrected chi connectivity index (χ4v) is 5.70. The molecule has 3 rings (SSSR count). The molecule has 3 aromatic rings. The van der Waals surface area contributed by atoms with E-state index in [1.54, 1.807) is 29.9 Å². The first-order valence-corrected chi connectivity index (χ1v) is 12.1. The van der Waals surface area contributed by atoms with E-state index < -0.39 is 16.1 Å². The Morgan fingerprint density at radius 3 is 2.37 bits per heavy atom. The zero-order chi connectivity index (χ0) is 21.9. The van der Waals surface area contributed by atoms with Crippen LogP contribution >= 0.6 is 24.4 Å². The fourth-order valence-electron chi connectivity index (χ4n) is 3.63. The largest absolute Gasteiger partial charge is 0.252 e. The Balaban J connectivity index is 2.12. The third kappa shape index (κ3) is 4.44. The van der Waals surface area contributed by atoms with Gasteiger partial charge < -0.3 is 0 Å². The standard InChI is InChI=1S/C22H26ClN3O2S2/c1-4-17(5-2)22(21-13-14-24-25(21)18-9-7-6-8-10-18)26(29)30(27,28)19-11-12-20(23)16(3)15-19/h6-15,17,22,29H,4-5H2,1-3H3. The zero-order valence-electron chi connectivity index (χ0n) is 17.2. The normalized spacial score (nSPS) is 13.2. The van der Waals surface area contributed by atoms with Gasteiger partial charge in [-0.05, 0) is 54.8 Å². The predicted molar refractivity (Wildman–Crippen MR) is 125 cm³/mol. The summed E-state index contributed by atoms with van der Waals surface area (Å²) in [5, 5.41) is 4.99. The number of aryl methyl sites for hydroxylation is 1. The van der Waals surface area contributed by atoms with Crippen LogP contribution in [-0.4, -0.2) is 21.9 Å². The van der Waals surface area contributed by atoms with Crippen molar-refractivity contribution in [2.24, 2.45) is 5.92 Å². The van der Waals surface area contributed by atoms with Crippen molar-refractivity contribution in [3.05, 3.63) is 77.1 Å². The highest BCUT2D eigenvalue weighted by Gasteiger charge is 2.36. The van der Waals surface area contributed by atoms with Gasteiger partial charge in [-0.3, -0.25) is 0 Å². The van der Waals surface area contributed by atoms with Crippen molar-refractivity contribution in [1.82, 2.24) is 13.5 Å². The molecule has 0 saturated carbocycles. The smallest absolute Gasteiger partial charge is 0.236 e. The molecule has 0 amide bonds. The number of benzene rings is 2. The lowest BCUT2D eigenvalue weighted by molar-refractivity contribution is 0.305. The SMILES string of the molecule is CCC(CC)C(c1ccnn1-c1ccccc1)N(S)S(=O)(=O)c1ccc(Cl)c(C)c1. The molecule has 1 heterocycles. The topological polar surface area (TPSA) is 55.2 Å². The second kappa shape index (κ2) is 9.56. The molecule has 160 valence electrons. The number of aromatic nitrogens is 2. The van der Waals surface area contributed by atoms with E-state index in [2.05, 4.69) is 31.8 Å². The lowest BCUT2D eigenvalue weighted by Crippen LogP contribution is -2.33. The van der Waals surface area contributed by atoms with Gasteiger partial charge in [-0.2, -0.15) is 5.10 Å². The maximum absolute atomic E-state index is 13.5. The minimum absolute atomic E-state index is 0.0600. The maximum atomic E-state index is 13.5. The van der Waals surface area contributed by atoms with Crippen LogP contribution in [0.1, 0.15) is 44.0 Å².